The number of H-pyrrole nitrogens is 1. The van der Waals surface area contributed by atoms with E-state index in [2.05, 4.69) is 16.4 Å². The number of benzene rings is 1. The zero-order chi connectivity index (χ0) is 23.9. The van der Waals surface area contributed by atoms with Gasteiger partial charge >= 0.3 is 0 Å². The van der Waals surface area contributed by atoms with Crippen LogP contribution in [0.2, 0.25) is 0 Å². The number of nitrogens with zero attached hydrogens (tertiary/aromatic N) is 2. The molecule has 0 radical (unpaired) electrons. The Labute approximate surface area is 198 Å². The van der Waals surface area contributed by atoms with Crippen LogP contribution in [0, 0.1) is 22.7 Å². The highest BCUT2D eigenvalue weighted by molar-refractivity contribution is 6.02. The number of ketones is 1. The van der Waals surface area contributed by atoms with E-state index in [-0.39, 0.29) is 28.9 Å². The number of fused-ring (bicyclic) bond motifs is 1. The first kappa shape index (κ1) is 22.5. The molecule has 8 nitrogen and oxygen atoms in total. The Morgan fingerprint density at radius 3 is 2.82 bits per heavy atom. The van der Waals surface area contributed by atoms with E-state index in [1.165, 1.54) is 0 Å². The Kier molecular flexibility index (Phi) is 5.80. The van der Waals surface area contributed by atoms with Gasteiger partial charge in [0.15, 0.2) is 0 Å². The summed E-state index contributed by atoms with van der Waals surface area (Å²) in [6.45, 7) is 0.536. The van der Waals surface area contributed by atoms with Gasteiger partial charge in [-0.15, -0.1) is 0 Å². The summed E-state index contributed by atoms with van der Waals surface area (Å²) in [7, 11) is 1.59. The van der Waals surface area contributed by atoms with Crippen molar-refractivity contribution in [1.29, 1.82) is 5.26 Å². The van der Waals surface area contributed by atoms with Crippen molar-refractivity contribution in [3.63, 3.8) is 0 Å². The van der Waals surface area contributed by atoms with Gasteiger partial charge in [-0.3, -0.25) is 14.4 Å². The molecule has 1 aliphatic heterocycles. The number of nitrogens with one attached hydrogen (secondary N) is 2. The van der Waals surface area contributed by atoms with Gasteiger partial charge in [0.2, 0.25) is 5.91 Å². The van der Waals surface area contributed by atoms with Crippen LogP contribution in [-0.2, 0) is 9.59 Å². The predicted molar refractivity (Wildman–Crippen MR) is 125 cm³/mol. The number of carbonyl (C=O) groups excluding carboxylic acids is 3. The van der Waals surface area contributed by atoms with Gasteiger partial charge in [-0.2, -0.15) is 5.26 Å². The summed E-state index contributed by atoms with van der Waals surface area (Å²) in [5.74, 6) is 0.169. The monoisotopic (exact) mass is 462 g/mol. The minimum Gasteiger partial charge on any atom is -0.496 e. The molecule has 3 aliphatic rings. The molecule has 2 aliphatic carbocycles. The van der Waals surface area contributed by atoms with Crippen molar-refractivity contribution in [3.8, 4) is 11.8 Å². The fourth-order valence-corrected chi connectivity index (χ4v) is 5.95. The Bertz CT molecular complexity index is 1180. The quantitative estimate of drug-likeness (QED) is 0.683. The smallest absolute Gasteiger partial charge is 0.271 e. The highest BCUT2D eigenvalue weighted by Crippen LogP contribution is 2.50. The molecule has 2 heterocycles. The van der Waals surface area contributed by atoms with Crippen molar-refractivity contribution in [3.05, 3.63) is 30.0 Å². The van der Waals surface area contributed by atoms with Gasteiger partial charge in [0.05, 0.1) is 13.2 Å². The molecule has 8 heteroatoms. The number of aromatic nitrogens is 1. The zero-order valence-electron chi connectivity index (χ0n) is 19.4. The first-order valence-electron chi connectivity index (χ1n) is 12.1. The second kappa shape index (κ2) is 8.79. The van der Waals surface area contributed by atoms with Crippen molar-refractivity contribution in [2.24, 2.45) is 11.3 Å². The third-order valence-electron chi connectivity index (χ3n) is 7.98. The highest BCUT2D eigenvalue weighted by Gasteiger charge is 2.52. The van der Waals surface area contributed by atoms with Gasteiger partial charge in [-0.1, -0.05) is 12.5 Å². The van der Waals surface area contributed by atoms with E-state index in [9.17, 15) is 19.6 Å². The first-order chi connectivity index (χ1) is 16.4. The van der Waals surface area contributed by atoms with Gasteiger partial charge in [0, 0.05) is 29.8 Å². The van der Waals surface area contributed by atoms with E-state index < -0.39 is 12.1 Å². The Morgan fingerprint density at radius 1 is 1.35 bits per heavy atom. The summed E-state index contributed by atoms with van der Waals surface area (Å²) in [4.78, 5) is 43.8. The number of carbonyl (C=O) groups is 3. The molecule has 2 saturated carbocycles. The molecule has 3 atom stereocenters. The van der Waals surface area contributed by atoms with Gasteiger partial charge < -0.3 is 19.9 Å². The molecule has 0 bridgehead atoms. The van der Waals surface area contributed by atoms with E-state index in [1.807, 2.05) is 18.2 Å². The molecule has 1 aromatic carbocycles. The molecule has 1 aromatic heterocycles. The predicted octanol–water partition coefficient (Wildman–Crippen LogP) is 3.33. The molecule has 3 fully saturated rings. The molecule has 2 aromatic rings. The minimum atomic E-state index is -0.730. The molecule has 2 N–H and O–H groups in total. The highest BCUT2D eigenvalue weighted by atomic mass is 16.5. The lowest BCUT2D eigenvalue weighted by Crippen LogP contribution is -2.49. The van der Waals surface area contributed by atoms with Crippen LogP contribution in [-0.4, -0.2) is 53.2 Å². The number of hydrogen-bond donors (Lipinski definition) is 2. The van der Waals surface area contributed by atoms with Crippen molar-refractivity contribution in [1.82, 2.24) is 15.2 Å². The SMILES string of the molecule is COc1cccc2[nH]c(C(=O)N3CC4(CCC4)CC3C(=O)N[C@H](C#N)C[C@@H]3CCCC3=O)cc12. The molecule has 2 amide bonds. The average molecular weight is 463 g/mol. The average Bonchev–Trinajstić information content (AvgIpc) is 3.54. The second-order valence-corrected chi connectivity index (χ2v) is 10.1. The third-order valence-corrected chi connectivity index (χ3v) is 7.98. The summed E-state index contributed by atoms with van der Waals surface area (Å²) in [5.41, 5.74) is 1.19. The number of nitriles is 1. The van der Waals surface area contributed by atoms with Crippen LogP contribution in [0.25, 0.3) is 10.9 Å². The Hall–Kier alpha value is -3.34. The van der Waals surface area contributed by atoms with Crippen LogP contribution in [0.3, 0.4) is 0 Å². The van der Waals surface area contributed by atoms with Crippen molar-refractivity contribution in [2.75, 3.05) is 13.7 Å². The van der Waals surface area contributed by atoms with Crippen LogP contribution in [0.15, 0.2) is 24.3 Å². The summed E-state index contributed by atoms with van der Waals surface area (Å²) < 4.78 is 5.42. The maximum absolute atomic E-state index is 13.6. The topological polar surface area (TPSA) is 115 Å². The fraction of sp³-hybridized carbons (Fsp3) is 0.538. The normalized spacial score (nSPS) is 24.1. The maximum Gasteiger partial charge on any atom is 0.271 e. The van der Waals surface area contributed by atoms with E-state index >= 15 is 0 Å². The van der Waals surface area contributed by atoms with Crippen molar-refractivity contribution < 1.29 is 19.1 Å². The molecule has 1 saturated heterocycles. The lowest BCUT2D eigenvalue weighted by atomic mass is 9.67. The Morgan fingerprint density at radius 2 is 2.18 bits per heavy atom. The van der Waals surface area contributed by atoms with Crippen LogP contribution in [0.5, 0.6) is 5.75 Å². The molecular weight excluding hydrogens is 432 g/mol. The molecular formula is C26H30N4O4. The second-order valence-electron chi connectivity index (χ2n) is 10.1. The summed E-state index contributed by atoms with van der Waals surface area (Å²) in [6, 6.07) is 8.16. The standard InChI is InChI=1S/C26H30N4O4/c1-34-23-8-3-6-19-18(23)12-20(29-19)25(33)30-15-26(9-4-10-26)13-21(30)24(32)28-17(14-27)11-16-5-2-7-22(16)31/h3,6,8,12,16-17,21,29H,2,4-5,7,9-11,13,15H2,1H3,(H,28,32)/t16-,17-,21?/m0/s1. The van der Waals surface area contributed by atoms with E-state index in [0.29, 0.717) is 37.3 Å². The summed E-state index contributed by atoms with van der Waals surface area (Å²) in [5, 5.41) is 13.3. The molecule has 178 valence electrons. The third kappa shape index (κ3) is 3.93. The maximum atomic E-state index is 13.6. The summed E-state index contributed by atoms with van der Waals surface area (Å²) >= 11 is 0. The van der Waals surface area contributed by atoms with Gasteiger partial charge in [-0.05, 0) is 62.1 Å². The lowest BCUT2D eigenvalue weighted by Gasteiger charge is -2.37. The summed E-state index contributed by atoms with van der Waals surface area (Å²) in [6.07, 6.45) is 6.22. The van der Waals surface area contributed by atoms with Gasteiger partial charge in [0.25, 0.3) is 5.91 Å². The number of Topliss-reactive ketones (excluding diaryl/α,β-unsaturated/α-hetero) is 1. The molecule has 5 rings (SSSR count). The van der Waals surface area contributed by atoms with Crippen molar-refractivity contribution in [2.45, 2.75) is 63.5 Å². The lowest BCUT2D eigenvalue weighted by molar-refractivity contribution is -0.126. The Balaban J connectivity index is 1.36. The molecule has 34 heavy (non-hydrogen) atoms. The molecule has 1 unspecified atom stereocenters. The van der Waals surface area contributed by atoms with Crippen LogP contribution in [0.4, 0.5) is 0 Å². The van der Waals surface area contributed by atoms with Crippen LogP contribution >= 0.6 is 0 Å². The number of aromatic amines is 1. The first-order valence-corrected chi connectivity index (χ1v) is 12.1. The number of likely N-dealkylation sites (tertiary alicyclic amines) is 1. The largest absolute Gasteiger partial charge is 0.496 e. The van der Waals surface area contributed by atoms with E-state index in [1.54, 1.807) is 18.1 Å². The van der Waals surface area contributed by atoms with Gasteiger partial charge in [-0.25, -0.2) is 0 Å². The number of methoxy groups -OCH3 is 1. The number of amides is 2. The number of hydrogen-bond acceptors (Lipinski definition) is 5. The van der Waals surface area contributed by atoms with E-state index in [4.69, 9.17) is 4.74 Å². The fourth-order valence-electron chi connectivity index (χ4n) is 5.95. The minimum absolute atomic E-state index is 0.0229. The van der Waals surface area contributed by atoms with Gasteiger partial charge in [0.1, 0.15) is 29.3 Å². The number of ether oxygens (including phenoxy) is 1. The van der Waals surface area contributed by atoms with Crippen LogP contribution < -0.4 is 10.1 Å². The molecule has 1 spiro atoms. The number of rotatable bonds is 6. The van der Waals surface area contributed by atoms with Crippen LogP contribution in [0.1, 0.15) is 61.9 Å². The zero-order valence-corrected chi connectivity index (χ0v) is 19.4. The van der Waals surface area contributed by atoms with Crippen molar-refractivity contribution >= 4 is 28.5 Å². The van der Waals surface area contributed by atoms with E-state index in [0.717, 1.165) is 43.0 Å².